The molecule has 2 heterocycles. The molecule has 1 saturated heterocycles. The van der Waals surface area contributed by atoms with Gasteiger partial charge in [0.2, 0.25) is 0 Å². The maximum absolute atomic E-state index is 12.5. The van der Waals surface area contributed by atoms with Crippen molar-refractivity contribution in [1.82, 2.24) is 4.90 Å². The minimum absolute atomic E-state index is 0.0223. The number of esters is 1. The van der Waals surface area contributed by atoms with E-state index in [9.17, 15) is 18.0 Å². The van der Waals surface area contributed by atoms with Crippen LogP contribution in [0.4, 0.5) is 0 Å². The fourth-order valence-electron chi connectivity index (χ4n) is 2.65. The zero-order valence-corrected chi connectivity index (χ0v) is 15.3. The summed E-state index contributed by atoms with van der Waals surface area (Å²) in [4.78, 5) is 26.7. The number of carbonyl (C=O) groups excluding carboxylic acids is 2. The fraction of sp³-hybridized carbons (Fsp3) is 0.500. The number of sulfone groups is 1. The number of thiophene rings is 1. The molecule has 0 unspecified atom stereocenters. The molecule has 0 spiro atoms. The number of amides is 1. The van der Waals surface area contributed by atoms with E-state index in [2.05, 4.69) is 0 Å². The summed E-state index contributed by atoms with van der Waals surface area (Å²) in [6.07, 6.45) is 2.40. The molecule has 1 amide bonds. The van der Waals surface area contributed by atoms with Gasteiger partial charge in [0.1, 0.15) is 0 Å². The van der Waals surface area contributed by atoms with Gasteiger partial charge in [-0.1, -0.05) is 6.07 Å². The van der Waals surface area contributed by atoms with Crippen molar-refractivity contribution in [2.45, 2.75) is 32.4 Å². The fourth-order valence-corrected chi connectivity index (χ4v) is 5.00. The van der Waals surface area contributed by atoms with Crippen molar-refractivity contribution in [3.8, 4) is 0 Å². The normalized spacial score (nSPS) is 20.8. The second-order valence-electron chi connectivity index (χ2n) is 5.61. The summed E-state index contributed by atoms with van der Waals surface area (Å²) < 4.78 is 28.3. The number of nitrogens with zero attached hydrogens (tertiary/aromatic N) is 1. The van der Waals surface area contributed by atoms with Crippen molar-refractivity contribution in [1.29, 1.82) is 0 Å². The van der Waals surface area contributed by atoms with Crippen LogP contribution in [0.2, 0.25) is 0 Å². The lowest BCUT2D eigenvalue weighted by Gasteiger charge is -2.29. The van der Waals surface area contributed by atoms with Crippen molar-refractivity contribution in [3.05, 3.63) is 28.5 Å². The molecule has 6 nitrogen and oxygen atoms in total. The van der Waals surface area contributed by atoms with Crippen LogP contribution in [0.15, 0.2) is 23.6 Å². The van der Waals surface area contributed by atoms with Gasteiger partial charge in [0, 0.05) is 23.5 Å². The first-order chi connectivity index (χ1) is 11.3. The number of likely N-dealkylation sites (N-methyl/N-ethyl adjacent to an activating group) is 1. The topological polar surface area (TPSA) is 80.8 Å². The van der Waals surface area contributed by atoms with Crippen LogP contribution < -0.4 is 0 Å². The van der Waals surface area contributed by atoms with E-state index in [1.165, 1.54) is 29.2 Å². The van der Waals surface area contributed by atoms with Crippen molar-refractivity contribution in [2.24, 2.45) is 0 Å². The lowest BCUT2D eigenvalue weighted by molar-refractivity contribution is -0.156. The number of ether oxygens (including phenoxy) is 1. The van der Waals surface area contributed by atoms with Crippen molar-refractivity contribution < 1.29 is 22.7 Å². The highest BCUT2D eigenvalue weighted by Crippen LogP contribution is 2.19. The standard InChI is InChI=1S/C16H21NO5S2/c1-3-17(13-8-10-24(20,21)11-13)16(19)12(2)22-15(18)7-6-14-5-4-9-23-14/h4-7,9,12-13H,3,8,10-11H2,1-2H3/b7-6+/t12-,13+/m1/s1. The second-order valence-corrected chi connectivity index (χ2v) is 8.82. The first-order valence-corrected chi connectivity index (χ1v) is 10.5. The molecule has 1 aliphatic heterocycles. The molecule has 0 aromatic carbocycles. The lowest BCUT2D eigenvalue weighted by Crippen LogP contribution is -2.46. The number of hydrogen-bond acceptors (Lipinski definition) is 6. The Balaban J connectivity index is 1.93. The molecular formula is C16H21NO5S2. The van der Waals surface area contributed by atoms with Gasteiger partial charge < -0.3 is 9.64 Å². The van der Waals surface area contributed by atoms with E-state index in [1.54, 1.807) is 13.0 Å². The predicted octanol–water partition coefficient (Wildman–Crippen LogP) is 1.73. The molecule has 1 fully saturated rings. The Hall–Kier alpha value is -1.67. The average molecular weight is 371 g/mol. The van der Waals surface area contributed by atoms with Crippen LogP contribution in [0.3, 0.4) is 0 Å². The molecule has 8 heteroatoms. The molecular weight excluding hydrogens is 350 g/mol. The zero-order valence-electron chi connectivity index (χ0n) is 13.7. The maximum atomic E-state index is 12.5. The Bertz CT molecular complexity index is 709. The van der Waals surface area contributed by atoms with Gasteiger partial charge in [-0.15, -0.1) is 11.3 Å². The van der Waals surface area contributed by atoms with Crippen molar-refractivity contribution in [3.63, 3.8) is 0 Å². The van der Waals surface area contributed by atoms with Crippen LogP contribution >= 0.6 is 11.3 Å². The Labute approximate surface area is 146 Å². The van der Waals surface area contributed by atoms with Gasteiger partial charge >= 0.3 is 5.97 Å². The maximum Gasteiger partial charge on any atom is 0.331 e. The Morgan fingerprint density at radius 1 is 1.50 bits per heavy atom. The van der Waals surface area contributed by atoms with Crippen molar-refractivity contribution in [2.75, 3.05) is 18.1 Å². The molecule has 24 heavy (non-hydrogen) atoms. The molecule has 0 N–H and O–H groups in total. The minimum atomic E-state index is -3.08. The van der Waals surface area contributed by atoms with E-state index in [0.717, 1.165) is 4.88 Å². The molecule has 2 rings (SSSR count). The van der Waals surface area contributed by atoms with Gasteiger partial charge in [-0.05, 0) is 37.8 Å². The highest BCUT2D eigenvalue weighted by Gasteiger charge is 2.35. The molecule has 0 aliphatic carbocycles. The van der Waals surface area contributed by atoms with Gasteiger partial charge in [0.05, 0.1) is 11.5 Å². The van der Waals surface area contributed by atoms with Crippen LogP contribution in [-0.2, 0) is 24.2 Å². The van der Waals surface area contributed by atoms with E-state index >= 15 is 0 Å². The van der Waals surface area contributed by atoms with Crippen LogP contribution in [0.5, 0.6) is 0 Å². The Morgan fingerprint density at radius 3 is 2.79 bits per heavy atom. The largest absolute Gasteiger partial charge is 0.449 e. The molecule has 1 aromatic rings. The zero-order chi connectivity index (χ0) is 17.7. The molecule has 0 bridgehead atoms. The van der Waals surface area contributed by atoms with E-state index in [4.69, 9.17) is 4.74 Å². The summed E-state index contributed by atoms with van der Waals surface area (Å²) in [5, 5.41) is 1.89. The highest BCUT2D eigenvalue weighted by atomic mass is 32.2. The SMILES string of the molecule is CCN(C(=O)[C@@H](C)OC(=O)/C=C/c1cccs1)[C@H]1CCS(=O)(=O)C1. The quantitative estimate of drug-likeness (QED) is 0.562. The number of hydrogen-bond donors (Lipinski definition) is 0. The minimum Gasteiger partial charge on any atom is -0.449 e. The summed E-state index contributed by atoms with van der Waals surface area (Å²) in [6.45, 7) is 3.67. The summed E-state index contributed by atoms with van der Waals surface area (Å²) >= 11 is 1.49. The van der Waals surface area contributed by atoms with E-state index in [0.29, 0.717) is 13.0 Å². The first kappa shape index (κ1) is 18.7. The number of carbonyl (C=O) groups is 2. The van der Waals surface area contributed by atoms with Crippen molar-refractivity contribution >= 4 is 39.1 Å². The third kappa shape index (κ3) is 4.91. The lowest BCUT2D eigenvalue weighted by atomic mass is 10.2. The molecule has 0 radical (unpaired) electrons. The van der Waals surface area contributed by atoms with Crippen LogP contribution in [0, 0.1) is 0 Å². The van der Waals surface area contributed by atoms with E-state index in [1.807, 2.05) is 17.5 Å². The molecule has 1 aliphatic rings. The molecule has 132 valence electrons. The molecule has 0 saturated carbocycles. The van der Waals surface area contributed by atoms with Crippen LogP contribution in [0.25, 0.3) is 6.08 Å². The average Bonchev–Trinajstić information content (AvgIpc) is 3.15. The smallest absolute Gasteiger partial charge is 0.331 e. The highest BCUT2D eigenvalue weighted by molar-refractivity contribution is 7.91. The Morgan fingerprint density at radius 2 is 2.25 bits per heavy atom. The Kier molecular flexibility index (Phi) is 6.17. The van der Waals surface area contributed by atoms with E-state index in [-0.39, 0.29) is 23.5 Å². The molecule has 1 aromatic heterocycles. The third-order valence-corrected chi connectivity index (χ3v) is 6.43. The summed E-state index contributed by atoms with van der Waals surface area (Å²) in [5.41, 5.74) is 0. The van der Waals surface area contributed by atoms with Gasteiger partial charge in [0.15, 0.2) is 15.9 Å². The molecule has 2 atom stereocenters. The van der Waals surface area contributed by atoms with Crippen LogP contribution in [-0.4, -0.2) is 55.4 Å². The van der Waals surface area contributed by atoms with Gasteiger partial charge in [-0.2, -0.15) is 0 Å². The number of rotatable bonds is 6. The monoisotopic (exact) mass is 371 g/mol. The summed E-state index contributed by atoms with van der Waals surface area (Å²) in [7, 11) is -3.08. The predicted molar refractivity (Wildman–Crippen MR) is 93.4 cm³/mol. The van der Waals surface area contributed by atoms with Crippen LogP contribution in [0.1, 0.15) is 25.1 Å². The third-order valence-electron chi connectivity index (χ3n) is 3.84. The van der Waals surface area contributed by atoms with Gasteiger partial charge in [0.25, 0.3) is 5.91 Å². The van der Waals surface area contributed by atoms with E-state index < -0.39 is 21.9 Å². The van der Waals surface area contributed by atoms with Gasteiger partial charge in [-0.3, -0.25) is 4.79 Å². The van der Waals surface area contributed by atoms with Gasteiger partial charge in [-0.25, -0.2) is 13.2 Å². The summed E-state index contributed by atoms with van der Waals surface area (Å²) in [6, 6.07) is 3.40. The summed E-state index contributed by atoms with van der Waals surface area (Å²) in [5.74, 6) is -0.887. The second kappa shape index (κ2) is 7.94. The first-order valence-electron chi connectivity index (χ1n) is 7.75.